The van der Waals surface area contributed by atoms with Crippen LogP contribution in [0.3, 0.4) is 0 Å². The summed E-state index contributed by atoms with van der Waals surface area (Å²) in [7, 11) is 0. The fraction of sp³-hybridized carbons (Fsp3) is 0.500. The van der Waals surface area contributed by atoms with E-state index in [1.54, 1.807) is 6.92 Å². The van der Waals surface area contributed by atoms with Gasteiger partial charge in [-0.3, -0.25) is 4.79 Å². The SMILES string of the molecule is CC(O)c1cccc(NC(=O)C2CC2(C)C)c1. The molecule has 92 valence electrons. The number of rotatable bonds is 3. The van der Waals surface area contributed by atoms with Crippen molar-refractivity contribution in [2.24, 2.45) is 11.3 Å². The Hall–Kier alpha value is -1.35. The van der Waals surface area contributed by atoms with Gasteiger partial charge in [-0.2, -0.15) is 0 Å². The highest BCUT2D eigenvalue weighted by atomic mass is 16.3. The van der Waals surface area contributed by atoms with E-state index in [1.165, 1.54) is 0 Å². The van der Waals surface area contributed by atoms with Gasteiger partial charge in [0.2, 0.25) is 5.91 Å². The Kier molecular flexibility index (Phi) is 2.96. The minimum Gasteiger partial charge on any atom is -0.389 e. The van der Waals surface area contributed by atoms with E-state index in [4.69, 9.17) is 0 Å². The molecular formula is C14H19NO2. The molecule has 2 rings (SSSR count). The number of anilines is 1. The van der Waals surface area contributed by atoms with Gasteiger partial charge < -0.3 is 10.4 Å². The van der Waals surface area contributed by atoms with Crippen LogP contribution in [0.5, 0.6) is 0 Å². The van der Waals surface area contributed by atoms with E-state index in [9.17, 15) is 9.90 Å². The standard InChI is InChI=1S/C14H19NO2/c1-9(16)10-5-4-6-11(7-10)15-13(17)12-8-14(12,2)3/h4-7,9,12,16H,8H2,1-3H3,(H,15,17). The maximum absolute atomic E-state index is 11.9. The van der Waals surface area contributed by atoms with Gasteiger partial charge in [-0.05, 0) is 36.5 Å². The number of amides is 1. The summed E-state index contributed by atoms with van der Waals surface area (Å²) in [5.41, 5.74) is 1.72. The van der Waals surface area contributed by atoms with Crippen LogP contribution >= 0.6 is 0 Å². The summed E-state index contributed by atoms with van der Waals surface area (Å²) in [5, 5.41) is 12.4. The normalized spacial score (nSPS) is 22.9. The van der Waals surface area contributed by atoms with Gasteiger partial charge in [-0.15, -0.1) is 0 Å². The van der Waals surface area contributed by atoms with Crippen molar-refractivity contribution >= 4 is 11.6 Å². The molecule has 0 radical (unpaired) electrons. The largest absolute Gasteiger partial charge is 0.389 e. The van der Waals surface area contributed by atoms with Crippen LogP contribution in [0.2, 0.25) is 0 Å². The van der Waals surface area contributed by atoms with Crippen LogP contribution in [0.15, 0.2) is 24.3 Å². The average molecular weight is 233 g/mol. The zero-order valence-corrected chi connectivity index (χ0v) is 10.5. The molecule has 1 fully saturated rings. The van der Waals surface area contributed by atoms with Crippen LogP contribution in [-0.4, -0.2) is 11.0 Å². The highest BCUT2D eigenvalue weighted by Gasteiger charge is 2.50. The number of hydrogen-bond donors (Lipinski definition) is 2. The monoisotopic (exact) mass is 233 g/mol. The molecular weight excluding hydrogens is 214 g/mol. The van der Waals surface area contributed by atoms with Crippen LogP contribution in [0.1, 0.15) is 38.9 Å². The predicted molar refractivity (Wildman–Crippen MR) is 67.6 cm³/mol. The van der Waals surface area contributed by atoms with E-state index >= 15 is 0 Å². The molecule has 3 heteroatoms. The maximum Gasteiger partial charge on any atom is 0.228 e. The molecule has 1 aromatic carbocycles. The van der Waals surface area contributed by atoms with E-state index < -0.39 is 6.10 Å². The molecule has 1 aromatic rings. The Morgan fingerprint density at radius 1 is 1.53 bits per heavy atom. The van der Waals surface area contributed by atoms with Crippen molar-refractivity contribution in [3.63, 3.8) is 0 Å². The molecule has 2 N–H and O–H groups in total. The van der Waals surface area contributed by atoms with Crippen molar-refractivity contribution < 1.29 is 9.90 Å². The smallest absolute Gasteiger partial charge is 0.228 e. The number of carbonyl (C=O) groups excluding carboxylic acids is 1. The number of nitrogens with one attached hydrogen (secondary N) is 1. The molecule has 1 aliphatic carbocycles. The first-order valence-corrected chi connectivity index (χ1v) is 5.99. The lowest BCUT2D eigenvalue weighted by molar-refractivity contribution is -0.118. The Bertz CT molecular complexity index is 438. The average Bonchev–Trinajstić information content (AvgIpc) is 2.88. The summed E-state index contributed by atoms with van der Waals surface area (Å²) in [6, 6.07) is 7.36. The molecule has 0 heterocycles. The molecule has 1 amide bonds. The molecule has 0 aromatic heterocycles. The molecule has 0 aliphatic heterocycles. The number of benzene rings is 1. The molecule has 3 nitrogen and oxygen atoms in total. The summed E-state index contributed by atoms with van der Waals surface area (Å²) in [6.45, 7) is 5.91. The van der Waals surface area contributed by atoms with E-state index in [1.807, 2.05) is 24.3 Å². The maximum atomic E-state index is 11.9. The van der Waals surface area contributed by atoms with E-state index in [-0.39, 0.29) is 17.2 Å². The zero-order valence-electron chi connectivity index (χ0n) is 10.5. The van der Waals surface area contributed by atoms with Gasteiger partial charge in [0.1, 0.15) is 0 Å². The van der Waals surface area contributed by atoms with Gasteiger partial charge in [-0.1, -0.05) is 26.0 Å². The van der Waals surface area contributed by atoms with Crippen LogP contribution in [0, 0.1) is 11.3 Å². The van der Waals surface area contributed by atoms with Crippen LogP contribution in [-0.2, 0) is 4.79 Å². The Labute approximate surface area is 102 Å². The number of carbonyl (C=O) groups is 1. The van der Waals surface area contributed by atoms with Gasteiger partial charge in [0.05, 0.1) is 6.10 Å². The fourth-order valence-electron chi connectivity index (χ4n) is 2.02. The zero-order chi connectivity index (χ0) is 12.6. The molecule has 1 saturated carbocycles. The summed E-state index contributed by atoms with van der Waals surface area (Å²) in [6.07, 6.45) is 0.443. The second kappa shape index (κ2) is 4.15. The third kappa shape index (κ3) is 2.67. The number of hydrogen-bond acceptors (Lipinski definition) is 2. The number of aliphatic hydroxyl groups excluding tert-OH is 1. The molecule has 0 bridgehead atoms. The molecule has 2 unspecified atom stereocenters. The third-order valence-corrected chi connectivity index (χ3v) is 3.47. The lowest BCUT2D eigenvalue weighted by Crippen LogP contribution is -2.16. The Morgan fingerprint density at radius 2 is 2.18 bits per heavy atom. The second-order valence-electron chi connectivity index (χ2n) is 5.54. The summed E-state index contributed by atoms with van der Waals surface area (Å²) in [5.74, 6) is 0.204. The van der Waals surface area contributed by atoms with Crippen molar-refractivity contribution in [2.75, 3.05) is 5.32 Å². The van der Waals surface area contributed by atoms with Crippen molar-refractivity contribution in [1.82, 2.24) is 0 Å². The topological polar surface area (TPSA) is 49.3 Å². The molecule has 1 aliphatic rings. The van der Waals surface area contributed by atoms with E-state index in [2.05, 4.69) is 19.2 Å². The molecule has 0 saturated heterocycles. The third-order valence-electron chi connectivity index (χ3n) is 3.47. The first-order valence-electron chi connectivity index (χ1n) is 5.99. The van der Waals surface area contributed by atoms with Crippen LogP contribution in [0.25, 0.3) is 0 Å². The first-order chi connectivity index (χ1) is 7.90. The van der Waals surface area contributed by atoms with E-state index in [0.29, 0.717) is 0 Å². The van der Waals surface area contributed by atoms with Gasteiger partial charge in [0.25, 0.3) is 0 Å². The van der Waals surface area contributed by atoms with Gasteiger partial charge >= 0.3 is 0 Å². The lowest BCUT2D eigenvalue weighted by atomic mass is 10.1. The van der Waals surface area contributed by atoms with Crippen LogP contribution in [0.4, 0.5) is 5.69 Å². The molecule has 17 heavy (non-hydrogen) atoms. The summed E-state index contributed by atoms with van der Waals surface area (Å²) in [4.78, 5) is 11.9. The first kappa shape index (κ1) is 12.1. The van der Waals surface area contributed by atoms with Crippen molar-refractivity contribution in [1.29, 1.82) is 0 Å². The van der Waals surface area contributed by atoms with Crippen LogP contribution < -0.4 is 5.32 Å². The van der Waals surface area contributed by atoms with Gasteiger partial charge in [-0.25, -0.2) is 0 Å². The highest BCUT2D eigenvalue weighted by molar-refractivity contribution is 5.95. The Balaban J connectivity index is 2.04. The minimum absolute atomic E-state index is 0.0812. The molecule has 2 atom stereocenters. The fourth-order valence-corrected chi connectivity index (χ4v) is 2.02. The Morgan fingerprint density at radius 3 is 2.71 bits per heavy atom. The highest BCUT2D eigenvalue weighted by Crippen LogP contribution is 2.51. The minimum atomic E-state index is -0.510. The lowest BCUT2D eigenvalue weighted by Gasteiger charge is -2.09. The second-order valence-corrected chi connectivity index (χ2v) is 5.54. The van der Waals surface area contributed by atoms with Gasteiger partial charge in [0.15, 0.2) is 0 Å². The molecule has 0 spiro atoms. The van der Waals surface area contributed by atoms with E-state index in [0.717, 1.165) is 17.7 Å². The quantitative estimate of drug-likeness (QED) is 0.843. The van der Waals surface area contributed by atoms with Crippen molar-refractivity contribution in [3.8, 4) is 0 Å². The summed E-state index contributed by atoms with van der Waals surface area (Å²) >= 11 is 0. The van der Waals surface area contributed by atoms with Crippen molar-refractivity contribution in [3.05, 3.63) is 29.8 Å². The summed E-state index contributed by atoms with van der Waals surface area (Å²) < 4.78 is 0. The predicted octanol–water partition coefficient (Wildman–Crippen LogP) is 2.72. The van der Waals surface area contributed by atoms with Crippen molar-refractivity contribution in [2.45, 2.75) is 33.3 Å². The van der Waals surface area contributed by atoms with Gasteiger partial charge in [0, 0.05) is 11.6 Å². The number of aliphatic hydroxyl groups is 1.